The van der Waals surface area contributed by atoms with Gasteiger partial charge in [0.25, 0.3) is 5.91 Å². The molecule has 7 heteroatoms. The lowest BCUT2D eigenvalue weighted by Crippen LogP contribution is -2.31. The Hall–Kier alpha value is -3.61. The number of hydrogen-bond donors (Lipinski definition) is 3. The van der Waals surface area contributed by atoms with Gasteiger partial charge in [-0.15, -0.1) is 0 Å². The molecule has 0 saturated carbocycles. The number of anilines is 1. The van der Waals surface area contributed by atoms with E-state index < -0.39 is 12.1 Å². The van der Waals surface area contributed by atoms with Gasteiger partial charge in [-0.25, -0.2) is 9.78 Å². The van der Waals surface area contributed by atoms with Gasteiger partial charge in [0, 0.05) is 30.7 Å². The van der Waals surface area contributed by atoms with Gasteiger partial charge in [-0.2, -0.15) is 0 Å². The Morgan fingerprint density at radius 2 is 1.88 bits per heavy atom. The zero-order valence-electron chi connectivity index (χ0n) is 14.2. The fraction of sp³-hybridized carbons (Fsp3) is 0.105. The Morgan fingerprint density at radius 3 is 2.54 bits per heavy atom. The van der Waals surface area contributed by atoms with Gasteiger partial charge in [-0.05, 0) is 23.8 Å². The Balaban J connectivity index is 1.89. The van der Waals surface area contributed by atoms with Crippen molar-refractivity contribution in [2.24, 2.45) is 12.8 Å². The quantitative estimate of drug-likeness (QED) is 0.659. The average Bonchev–Trinajstić information content (AvgIpc) is 3.05. The van der Waals surface area contributed by atoms with Crippen LogP contribution in [0.2, 0.25) is 0 Å². The van der Waals surface area contributed by atoms with E-state index >= 15 is 0 Å². The molecule has 0 spiro atoms. The van der Waals surface area contributed by atoms with Gasteiger partial charge in [0.2, 0.25) is 0 Å². The molecule has 0 aliphatic heterocycles. The summed E-state index contributed by atoms with van der Waals surface area (Å²) < 4.78 is 1.86. The van der Waals surface area contributed by atoms with E-state index in [0.717, 1.165) is 11.4 Å². The maximum absolute atomic E-state index is 12.8. The van der Waals surface area contributed by atoms with E-state index in [1.165, 1.54) is 0 Å². The van der Waals surface area contributed by atoms with Gasteiger partial charge < -0.3 is 20.9 Å². The summed E-state index contributed by atoms with van der Waals surface area (Å²) in [6.07, 6.45) is 3.52. The second-order valence-electron chi connectivity index (χ2n) is 5.78. The molecular weight excluding hydrogens is 330 g/mol. The number of imidazole rings is 1. The van der Waals surface area contributed by atoms with Gasteiger partial charge in [-0.3, -0.25) is 4.79 Å². The van der Waals surface area contributed by atoms with Gasteiger partial charge >= 0.3 is 6.03 Å². The van der Waals surface area contributed by atoms with Crippen LogP contribution in [0.25, 0.3) is 0 Å². The molecule has 3 aromatic rings. The molecule has 3 rings (SSSR count). The lowest BCUT2D eigenvalue weighted by atomic mass is 10.1. The van der Waals surface area contributed by atoms with Gasteiger partial charge in [-0.1, -0.05) is 36.4 Å². The summed E-state index contributed by atoms with van der Waals surface area (Å²) in [7, 11) is 1.88. The van der Waals surface area contributed by atoms with Crippen molar-refractivity contribution in [1.29, 1.82) is 0 Å². The number of carbonyl (C=O) groups is 2. The molecule has 0 fully saturated rings. The van der Waals surface area contributed by atoms with Crippen molar-refractivity contribution < 1.29 is 9.59 Å². The third-order valence-electron chi connectivity index (χ3n) is 3.92. The number of benzene rings is 2. The van der Waals surface area contributed by atoms with Crippen molar-refractivity contribution >= 4 is 17.6 Å². The maximum atomic E-state index is 12.8. The molecule has 132 valence electrons. The van der Waals surface area contributed by atoms with Crippen molar-refractivity contribution in [2.45, 2.75) is 6.04 Å². The van der Waals surface area contributed by atoms with Crippen LogP contribution >= 0.6 is 0 Å². The Kier molecular flexibility index (Phi) is 4.98. The van der Waals surface area contributed by atoms with Crippen LogP contribution in [0, 0.1) is 0 Å². The minimum Gasteiger partial charge on any atom is -0.351 e. The minimum absolute atomic E-state index is 0.282. The van der Waals surface area contributed by atoms with Crippen LogP contribution < -0.4 is 16.4 Å². The highest BCUT2D eigenvalue weighted by molar-refractivity contribution is 5.97. The molecule has 0 unspecified atom stereocenters. The van der Waals surface area contributed by atoms with Crippen molar-refractivity contribution in [3.63, 3.8) is 0 Å². The molecule has 0 aliphatic rings. The molecule has 0 aliphatic carbocycles. The number of nitrogens with zero attached hydrogens (tertiary/aromatic N) is 2. The predicted octanol–water partition coefficient (Wildman–Crippen LogP) is 2.43. The molecule has 2 aromatic carbocycles. The highest BCUT2D eigenvalue weighted by Gasteiger charge is 2.21. The van der Waals surface area contributed by atoms with Crippen LogP contribution in [-0.4, -0.2) is 21.5 Å². The van der Waals surface area contributed by atoms with Crippen LogP contribution in [0.3, 0.4) is 0 Å². The van der Waals surface area contributed by atoms with E-state index in [9.17, 15) is 9.59 Å². The summed E-state index contributed by atoms with van der Waals surface area (Å²) in [4.78, 5) is 28.2. The number of rotatable bonds is 5. The Labute approximate surface area is 150 Å². The van der Waals surface area contributed by atoms with Gasteiger partial charge in [0.1, 0.15) is 11.9 Å². The monoisotopic (exact) mass is 349 g/mol. The smallest absolute Gasteiger partial charge is 0.316 e. The standard InChI is InChI=1S/C19H19N5O2/c1-24-11-10-21-17(24)16(13-6-3-2-4-7-13)23-18(25)14-8-5-9-15(12-14)22-19(20)26/h2-12,16H,1H3,(H,23,25)(H3,20,22,26)/t16-/m0/s1. The Morgan fingerprint density at radius 1 is 1.12 bits per heavy atom. The van der Waals surface area contributed by atoms with E-state index in [2.05, 4.69) is 15.6 Å². The third kappa shape index (κ3) is 3.89. The highest BCUT2D eigenvalue weighted by Crippen LogP contribution is 2.21. The second-order valence-corrected chi connectivity index (χ2v) is 5.78. The molecule has 1 heterocycles. The van der Waals surface area contributed by atoms with E-state index in [1.807, 2.05) is 48.1 Å². The summed E-state index contributed by atoms with van der Waals surface area (Å²) in [5, 5.41) is 5.47. The molecular formula is C19H19N5O2. The minimum atomic E-state index is -0.683. The number of aromatic nitrogens is 2. The molecule has 7 nitrogen and oxygen atoms in total. The first-order valence-electron chi connectivity index (χ1n) is 8.04. The van der Waals surface area contributed by atoms with Crippen LogP contribution in [0.4, 0.5) is 10.5 Å². The van der Waals surface area contributed by atoms with Crippen molar-refractivity contribution in [3.8, 4) is 0 Å². The predicted molar refractivity (Wildman–Crippen MR) is 98.6 cm³/mol. The lowest BCUT2D eigenvalue weighted by Gasteiger charge is -2.19. The molecule has 3 amide bonds. The summed E-state index contributed by atoms with van der Waals surface area (Å²) in [5.41, 5.74) is 6.91. The first kappa shape index (κ1) is 17.2. The molecule has 4 N–H and O–H groups in total. The first-order chi connectivity index (χ1) is 12.5. The molecule has 0 saturated heterocycles. The van der Waals surface area contributed by atoms with Crippen LogP contribution in [0.15, 0.2) is 67.0 Å². The SMILES string of the molecule is Cn1ccnc1[C@@H](NC(=O)c1cccc(NC(N)=O)c1)c1ccccc1. The molecule has 26 heavy (non-hydrogen) atoms. The van der Waals surface area contributed by atoms with Crippen LogP contribution in [0.5, 0.6) is 0 Å². The molecule has 0 radical (unpaired) electrons. The number of nitrogens with one attached hydrogen (secondary N) is 2. The molecule has 1 atom stereocenters. The summed E-state index contributed by atoms with van der Waals surface area (Å²) in [6.45, 7) is 0. The highest BCUT2D eigenvalue weighted by atomic mass is 16.2. The summed E-state index contributed by atoms with van der Waals surface area (Å²) in [6, 6.07) is 15.1. The van der Waals surface area contributed by atoms with Crippen molar-refractivity contribution in [2.75, 3.05) is 5.32 Å². The van der Waals surface area contributed by atoms with Crippen LogP contribution in [0.1, 0.15) is 27.8 Å². The lowest BCUT2D eigenvalue weighted by molar-refractivity contribution is 0.0941. The topological polar surface area (TPSA) is 102 Å². The number of aryl methyl sites for hydroxylation is 1. The van der Waals surface area contributed by atoms with Crippen LogP contribution in [-0.2, 0) is 7.05 Å². The van der Waals surface area contributed by atoms with E-state index in [-0.39, 0.29) is 5.91 Å². The van der Waals surface area contributed by atoms with E-state index in [4.69, 9.17) is 5.73 Å². The Bertz CT molecular complexity index is 920. The number of nitrogens with two attached hydrogens (primary N) is 1. The summed E-state index contributed by atoms with van der Waals surface area (Å²) in [5.74, 6) is 0.436. The largest absolute Gasteiger partial charge is 0.351 e. The number of urea groups is 1. The zero-order chi connectivity index (χ0) is 18.5. The van der Waals surface area contributed by atoms with Crippen molar-refractivity contribution in [1.82, 2.24) is 14.9 Å². The number of primary amides is 1. The maximum Gasteiger partial charge on any atom is 0.316 e. The summed E-state index contributed by atoms with van der Waals surface area (Å²) >= 11 is 0. The fourth-order valence-corrected chi connectivity index (χ4v) is 2.69. The third-order valence-corrected chi connectivity index (χ3v) is 3.92. The number of carbonyl (C=O) groups excluding carboxylic acids is 2. The van der Waals surface area contributed by atoms with E-state index in [0.29, 0.717) is 11.3 Å². The van der Waals surface area contributed by atoms with Gasteiger partial charge in [0.05, 0.1) is 0 Å². The molecule has 0 bridgehead atoms. The van der Waals surface area contributed by atoms with Crippen molar-refractivity contribution in [3.05, 3.63) is 83.9 Å². The van der Waals surface area contributed by atoms with Gasteiger partial charge in [0.15, 0.2) is 0 Å². The first-order valence-corrected chi connectivity index (χ1v) is 8.04. The zero-order valence-corrected chi connectivity index (χ0v) is 14.2. The molecule has 1 aromatic heterocycles. The fourth-order valence-electron chi connectivity index (χ4n) is 2.69. The average molecular weight is 349 g/mol. The number of hydrogen-bond acceptors (Lipinski definition) is 3. The van der Waals surface area contributed by atoms with E-state index in [1.54, 1.807) is 30.5 Å². The normalized spacial score (nSPS) is 11.6. The number of amides is 3. The second kappa shape index (κ2) is 7.52.